The molecule has 35 heavy (non-hydrogen) atoms. The van der Waals surface area contributed by atoms with E-state index in [1.807, 2.05) is 20.9 Å². The minimum Gasteiger partial charge on any atom is -0.488 e. The van der Waals surface area contributed by atoms with E-state index in [4.69, 9.17) is 14.2 Å². The highest BCUT2D eigenvalue weighted by Gasteiger charge is 2.30. The number of nitrogens with one attached hydrogen (secondary N) is 3. The van der Waals surface area contributed by atoms with Crippen molar-refractivity contribution in [3.63, 3.8) is 0 Å². The van der Waals surface area contributed by atoms with Gasteiger partial charge in [0.2, 0.25) is 12.7 Å². The zero-order valence-corrected chi connectivity index (χ0v) is 20.2. The Morgan fingerprint density at radius 2 is 1.80 bits per heavy atom. The molecule has 2 heterocycles. The summed E-state index contributed by atoms with van der Waals surface area (Å²) >= 11 is 0. The van der Waals surface area contributed by atoms with Crippen LogP contribution in [0, 0.1) is 5.92 Å². The average molecular weight is 485 g/mol. The van der Waals surface area contributed by atoms with Crippen molar-refractivity contribution in [1.82, 2.24) is 10.2 Å². The van der Waals surface area contributed by atoms with Crippen molar-refractivity contribution in [3.05, 3.63) is 42.0 Å². The monoisotopic (exact) mass is 484 g/mol. The van der Waals surface area contributed by atoms with Crippen LogP contribution in [0.25, 0.3) is 0 Å². The number of carbonyl (C=O) groups is 2. The topological polar surface area (TPSA) is 121 Å². The first-order chi connectivity index (χ1) is 16.9. The van der Waals surface area contributed by atoms with E-state index < -0.39 is 6.03 Å². The van der Waals surface area contributed by atoms with E-state index in [2.05, 4.69) is 16.0 Å². The molecule has 2 aromatic carbocycles. The smallest absolute Gasteiger partial charge is 0.323 e. The number of anilines is 2. The molecule has 0 spiro atoms. The van der Waals surface area contributed by atoms with Crippen LogP contribution in [-0.2, 0) is 11.2 Å². The lowest BCUT2D eigenvalue weighted by Crippen LogP contribution is -2.47. The summed E-state index contributed by atoms with van der Waals surface area (Å²) in [5, 5.41) is 18.4. The summed E-state index contributed by atoms with van der Waals surface area (Å²) in [6.07, 6.45) is -0.0796. The lowest BCUT2D eigenvalue weighted by molar-refractivity contribution is -0.134. The van der Waals surface area contributed by atoms with Gasteiger partial charge in [0.1, 0.15) is 11.9 Å². The van der Waals surface area contributed by atoms with Gasteiger partial charge in [-0.25, -0.2) is 4.79 Å². The van der Waals surface area contributed by atoms with Gasteiger partial charge in [-0.05, 0) is 44.3 Å². The predicted molar refractivity (Wildman–Crippen MR) is 131 cm³/mol. The van der Waals surface area contributed by atoms with Gasteiger partial charge in [0.25, 0.3) is 0 Å². The van der Waals surface area contributed by atoms with Crippen molar-refractivity contribution < 1.29 is 28.9 Å². The van der Waals surface area contributed by atoms with Crippen LogP contribution in [0.5, 0.6) is 17.2 Å². The number of hydrogen-bond donors (Lipinski definition) is 4. The molecule has 0 unspecified atom stereocenters. The molecular weight excluding hydrogens is 452 g/mol. The Morgan fingerprint density at radius 3 is 2.51 bits per heavy atom. The first kappa shape index (κ1) is 24.6. The summed E-state index contributed by atoms with van der Waals surface area (Å²) in [5.74, 6) is 1.74. The molecule has 0 saturated heterocycles. The maximum Gasteiger partial charge on any atom is 0.323 e. The number of aliphatic hydroxyl groups excluding tert-OH is 1. The number of carbonyl (C=O) groups excluding carboxylic acids is 2. The van der Waals surface area contributed by atoms with Crippen molar-refractivity contribution in [2.75, 3.05) is 44.2 Å². The number of urea groups is 1. The molecule has 2 aromatic rings. The molecule has 188 valence electrons. The zero-order valence-electron chi connectivity index (χ0n) is 20.2. The number of benzene rings is 2. The number of hydrogen-bond acceptors (Lipinski definition) is 7. The van der Waals surface area contributed by atoms with Gasteiger partial charge in [-0.15, -0.1) is 0 Å². The van der Waals surface area contributed by atoms with Crippen molar-refractivity contribution in [2.24, 2.45) is 5.92 Å². The van der Waals surface area contributed by atoms with Crippen LogP contribution in [0.3, 0.4) is 0 Å². The van der Waals surface area contributed by atoms with E-state index in [-0.39, 0.29) is 43.8 Å². The highest BCUT2D eigenvalue weighted by molar-refractivity contribution is 6.00. The number of likely N-dealkylation sites (N-methyl/N-ethyl adjacent to an activating group) is 1. The van der Waals surface area contributed by atoms with Crippen LogP contribution >= 0.6 is 0 Å². The minimum atomic E-state index is -0.434. The molecular formula is C25H32N4O6. The standard InChI is InChI=1S/C25H32N4O6/c1-15-12-29(16(2)13-30)24(31)9-17-8-18(4-6-20(17)35-23(15)11-26-3)27-25(32)28-19-5-7-21-22(10-19)34-14-33-21/h4-8,10,15-16,23,26,30H,9,11-14H2,1-3H3,(H2,27,28,32)/t15-,16-,23+/m1/s1. The molecule has 0 bridgehead atoms. The Kier molecular flexibility index (Phi) is 7.62. The summed E-state index contributed by atoms with van der Waals surface area (Å²) in [5.41, 5.74) is 1.75. The lowest BCUT2D eigenvalue weighted by Gasteiger charge is -2.32. The summed E-state index contributed by atoms with van der Waals surface area (Å²) in [4.78, 5) is 27.5. The Bertz CT molecular complexity index is 1080. The number of aliphatic hydroxyl groups is 1. The van der Waals surface area contributed by atoms with Gasteiger partial charge < -0.3 is 40.2 Å². The third-order valence-corrected chi connectivity index (χ3v) is 6.21. The van der Waals surface area contributed by atoms with Gasteiger partial charge in [0.15, 0.2) is 11.5 Å². The van der Waals surface area contributed by atoms with E-state index in [0.717, 1.165) is 0 Å². The van der Waals surface area contributed by atoms with Gasteiger partial charge in [-0.2, -0.15) is 0 Å². The van der Waals surface area contributed by atoms with E-state index in [1.165, 1.54) is 0 Å². The average Bonchev–Trinajstić information content (AvgIpc) is 3.31. The van der Waals surface area contributed by atoms with Gasteiger partial charge in [0.05, 0.1) is 19.1 Å². The molecule has 0 radical (unpaired) electrons. The normalized spacial score (nSPS) is 20.1. The van der Waals surface area contributed by atoms with E-state index >= 15 is 0 Å². The number of fused-ring (bicyclic) bond motifs is 2. The van der Waals surface area contributed by atoms with Crippen LogP contribution in [0.1, 0.15) is 19.4 Å². The van der Waals surface area contributed by atoms with E-state index in [1.54, 1.807) is 41.3 Å². The Hall–Kier alpha value is -3.50. The van der Waals surface area contributed by atoms with Gasteiger partial charge in [-0.1, -0.05) is 6.92 Å². The first-order valence-electron chi connectivity index (χ1n) is 11.7. The third kappa shape index (κ3) is 5.77. The van der Waals surface area contributed by atoms with Crippen molar-refractivity contribution in [2.45, 2.75) is 32.4 Å². The van der Waals surface area contributed by atoms with E-state index in [0.29, 0.717) is 47.3 Å². The second kappa shape index (κ2) is 10.8. The predicted octanol–water partition coefficient (Wildman–Crippen LogP) is 2.43. The summed E-state index contributed by atoms with van der Waals surface area (Å²) in [7, 11) is 1.86. The summed E-state index contributed by atoms with van der Waals surface area (Å²) < 4.78 is 17.0. The largest absolute Gasteiger partial charge is 0.488 e. The van der Waals surface area contributed by atoms with Crippen LogP contribution in [0.2, 0.25) is 0 Å². The molecule has 3 atom stereocenters. The van der Waals surface area contributed by atoms with Crippen LogP contribution in [0.4, 0.5) is 16.2 Å². The fraction of sp³-hybridized carbons (Fsp3) is 0.440. The first-order valence-corrected chi connectivity index (χ1v) is 11.7. The molecule has 3 amide bonds. The number of ether oxygens (including phenoxy) is 3. The SMILES string of the molecule is CNC[C@@H]1Oc2ccc(NC(=O)Nc3ccc4c(c3)OCO4)cc2CC(=O)N([C@H](C)CO)C[C@H]1C. The second-order valence-corrected chi connectivity index (χ2v) is 8.92. The molecule has 0 aliphatic carbocycles. The second-order valence-electron chi connectivity index (χ2n) is 8.92. The van der Waals surface area contributed by atoms with Crippen LogP contribution in [0.15, 0.2) is 36.4 Å². The fourth-order valence-electron chi connectivity index (χ4n) is 4.22. The lowest BCUT2D eigenvalue weighted by atomic mass is 10.0. The maximum atomic E-state index is 13.2. The fourth-order valence-corrected chi connectivity index (χ4v) is 4.22. The Labute approximate surface area is 204 Å². The molecule has 10 nitrogen and oxygen atoms in total. The van der Waals surface area contributed by atoms with Gasteiger partial charge >= 0.3 is 6.03 Å². The molecule has 0 saturated carbocycles. The number of rotatable bonds is 6. The molecule has 0 aromatic heterocycles. The number of amides is 3. The van der Waals surface area contributed by atoms with Crippen LogP contribution < -0.4 is 30.2 Å². The molecule has 2 aliphatic heterocycles. The Morgan fingerprint density at radius 1 is 1.11 bits per heavy atom. The van der Waals surface area contributed by atoms with Crippen molar-refractivity contribution >= 4 is 23.3 Å². The third-order valence-electron chi connectivity index (χ3n) is 6.21. The van der Waals surface area contributed by atoms with E-state index in [9.17, 15) is 14.7 Å². The molecule has 0 fully saturated rings. The summed E-state index contributed by atoms with van der Waals surface area (Å²) in [6.45, 7) is 4.98. The van der Waals surface area contributed by atoms with Gasteiger partial charge in [-0.3, -0.25) is 4.79 Å². The summed E-state index contributed by atoms with van der Waals surface area (Å²) in [6, 6.07) is 9.68. The molecule has 10 heteroatoms. The quantitative estimate of drug-likeness (QED) is 0.497. The number of nitrogens with zero attached hydrogens (tertiary/aromatic N) is 1. The Balaban J connectivity index is 1.53. The minimum absolute atomic E-state index is 0.0385. The maximum absolute atomic E-state index is 13.2. The molecule has 4 N–H and O–H groups in total. The van der Waals surface area contributed by atoms with Crippen molar-refractivity contribution in [1.29, 1.82) is 0 Å². The zero-order chi connectivity index (χ0) is 24.9. The molecule has 2 aliphatic rings. The van der Waals surface area contributed by atoms with Crippen LogP contribution in [-0.4, -0.2) is 67.6 Å². The highest BCUT2D eigenvalue weighted by atomic mass is 16.7. The van der Waals surface area contributed by atoms with Gasteiger partial charge in [0, 0.05) is 42.0 Å². The molecule has 4 rings (SSSR count). The highest BCUT2D eigenvalue weighted by Crippen LogP contribution is 2.34. The van der Waals surface area contributed by atoms with Crippen molar-refractivity contribution in [3.8, 4) is 17.2 Å².